The summed E-state index contributed by atoms with van der Waals surface area (Å²) in [4.78, 5) is 29.8. The highest BCUT2D eigenvalue weighted by molar-refractivity contribution is 5.92. The number of aliphatic carboxylic acids is 1. The topological polar surface area (TPSA) is 73.7 Å². The number of alkyl halides is 3. The summed E-state index contributed by atoms with van der Waals surface area (Å²) in [5, 5.41) is 7.12. The highest BCUT2D eigenvalue weighted by Crippen LogP contribution is 2.32. The van der Waals surface area contributed by atoms with E-state index in [1.165, 1.54) is 6.07 Å². The van der Waals surface area contributed by atoms with Crippen LogP contribution in [0.25, 0.3) is 0 Å². The second kappa shape index (κ2) is 9.42. The van der Waals surface area contributed by atoms with Crippen LogP contribution in [0, 0.1) is 17.7 Å². The monoisotopic (exact) mass is 439 g/mol. The van der Waals surface area contributed by atoms with E-state index in [2.05, 4.69) is 9.88 Å². The molecule has 2 aliphatic rings. The third-order valence-corrected chi connectivity index (χ3v) is 5.27. The number of pyridine rings is 1. The van der Waals surface area contributed by atoms with Crippen molar-refractivity contribution in [3.05, 3.63) is 65.7 Å². The number of benzene rings is 1. The van der Waals surface area contributed by atoms with E-state index >= 15 is 0 Å². The molecule has 2 aliphatic heterocycles. The molecule has 2 saturated heterocycles. The lowest BCUT2D eigenvalue weighted by atomic mass is 10.0. The van der Waals surface area contributed by atoms with Crippen LogP contribution >= 0.6 is 0 Å². The SMILES string of the molecule is O=C(O)C(F)(F)F.O=C(c1ccccn1)N1CC2CN(Cc3cccc(F)c3)CC2C1. The second-order valence-electron chi connectivity index (χ2n) is 7.57. The molecule has 1 N–H and O–H groups in total. The van der Waals surface area contributed by atoms with Gasteiger partial charge in [-0.1, -0.05) is 18.2 Å². The van der Waals surface area contributed by atoms with E-state index in [0.29, 0.717) is 17.5 Å². The van der Waals surface area contributed by atoms with E-state index in [0.717, 1.165) is 38.3 Å². The largest absolute Gasteiger partial charge is 0.490 e. The molecule has 31 heavy (non-hydrogen) atoms. The molecule has 0 saturated carbocycles. The standard InChI is InChI=1S/C19H20FN3O.C2HF3O2/c20-17-5-3-4-14(8-17)9-22-10-15-12-23(13-16(15)11-22)19(24)18-6-1-2-7-21-18;3-2(4,5)1(6)7/h1-8,15-16H,9-13H2;(H,6,7). The Kier molecular flexibility index (Phi) is 6.89. The number of nitrogens with zero attached hydrogens (tertiary/aromatic N) is 3. The summed E-state index contributed by atoms with van der Waals surface area (Å²) in [5.41, 5.74) is 1.53. The van der Waals surface area contributed by atoms with E-state index in [9.17, 15) is 22.4 Å². The molecule has 1 aromatic carbocycles. The first-order valence-electron chi connectivity index (χ1n) is 9.60. The van der Waals surface area contributed by atoms with E-state index in [4.69, 9.17) is 9.90 Å². The van der Waals surface area contributed by atoms with Gasteiger partial charge >= 0.3 is 12.1 Å². The van der Waals surface area contributed by atoms with Crippen LogP contribution in [0.2, 0.25) is 0 Å². The van der Waals surface area contributed by atoms with Crippen LogP contribution in [0.4, 0.5) is 17.6 Å². The number of carboxylic acids is 1. The Bertz CT molecular complexity index is 910. The molecule has 10 heteroatoms. The molecular formula is C21H21F4N3O3. The molecule has 2 aromatic rings. The molecule has 0 spiro atoms. The molecule has 166 valence electrons. The van der Waals surface area contributed by atoms with Gasteiger partial charge in [-0.25, -0.2) is 9.18 Å². The van der Waals surface area contributed by atoms with Crippen LogP contribution in [-0.4, -0.2) is 64.1 Å². The van der Waals surface area contributed by atoms with Crippen LogP contribution in [0.5, 0.6) is 0 Å². The summed E-state index contributed by atoms with van der Waals surface area (Å²) in [6, 6.07) is 12.2. The highest BCUT2D eigenvalue weighted by atomic mass is 19.4. The summed E-state index contributed by atoms with van der Waals surface area (Å²) in [6.07, 6.45) is -3.43. The molecule has 1 aromatic heterocycles. The fourth-order valence-electron chi connectivity index (χ4n) is 3.93. The Hall–Kier alpha value is -3.01. The maximum atomic E-state index is 13.3. The number of hydrogen-bond acceptors (Lipinski definition) is 4. The summed E-state index contributed by atoms with van der Waals surface area (Å²) in [5.74, 6) is -1.90. The molecule has 1 amide bonds. The van der Waals surface area contributed by atoms with Crippen LogP contribution in [0.15, 0.2) is 48.7 Å². The Morgan fingerprint density at radius 2 is 1.68 bits per heavy atom. The molecule has 3 heterocycles. The number of aromatic nitrogens is 1. The Labute approximate surface area is 176 Å². The number of rotatable bonds is 3. The molecule has 6 nitrogen and oxygen atoms in total. The number of halogens is 4. The maximum Gasteiger partial charge on any atom is 0.490 e. The normalized spacial score (nSPS) is 20.7. The number of carbonyl (C=O) groups excluding carboxylic acids is 1. The minimum atomic E-state index is -5.08. The Morgan fingerprint density at radius 1 is 1.03 bits per heavy atom. The van der Waals surface area contributed by atoms with E-state index in [1.807, 2.05) is 23.1 Å². The van der Waals surface area contributed by atoms with Gasteiger partial charge in [0.25, 0.3) is 5.91 Å². The quantitative estimate of drug-likeness (QED) is 0.745. The first-order chi connectivity index (χ1) is 14.6. The van der Waals surface area contributed by atoms with Crippen LogP contribution < -0.4 is 0 Å². The predicted molar refractivity (Wildman–Crippen MR) is 102 cm³/mol. The minimum Gasteiger partial charge on any atom is -0.475 e. The molecule has 2 unspecified atom stereocenters. The van der Waals surface area contributed by atoms with E-state index in [-0.39, 0.29) is 11.7 Å². The lowest BCUT2D eigenvalue weighted by Gasteiger charge is -2.21. The first-order valence-corrected chi connectivity index (χ1v) is 9.60. The number of carbonyl (C=O) groups is 2. The number of fused-ring (bicyclic) bond motifs is 1. The third kappa shape index (κ3) is 6.00. The van der Waals surface area contributed by atoms with Crippen molar-refractivity contribution >= 4 is 11.9 Å². The first kappa shape index (κ1) is 22.7. The van der Waals surface area contributed by atoms with Gasteiger partial charge in [0.2, 0.25) is 0 Å². The zero-order valence-electron chi connectivity index (χ0n) is 16.4. The number of carboxylic acid groups (broad SMARTS) is 1. The zero-order valence-corrected chi connectivity index (χ0v) is 16.4. The summed E-state index contributed by atoms with van der Waals surface area (Å²) < 4.78 is 45.0. The average Bonchev–Trinajstić information content (AvgIpc) is 3.26. The molecule has 0 bridgehead atoms. The predicted octanol–water partition coefficient (Wildman–Crippen LogP) is 3.06. The van der Waals surface area contributed by atoms with Crippen LogP contribution in [-0.2, 0) is 11.3 Å². The Balaban J connectivity index is 0.000000339. The van der Waals surface area contributed by atoms with Crippen molar-refractivity contribution in [2.45, 2.75) is 12.7 Å². The maximum absolute atomic E-state index is 13.3. The fourth-order valence-corrected chi connectivity index (χ4v) is 3.93. The summed E-state index contributed by atoms with van der Waals surface area (Å²) in [6.45, 7) is 4.29. The van der Waals surface area contributed by atoms with Gasteiger partial charge in [0.15, 0.2) is 0 Å². The van der Waals surface area contributed by atoms with E-state index < -0.39 is 12.1 Å². The van der Waals surface area contributed by atoms with Gasteiger partial charge in [0.05, 0.1) is 0 Å². The molecule has 0 radical (unpaired) electrons. The van der Waals surface area contributed by atoms with Crippen molar-refractivity contribution in [1.29, 1.82) is 0 Å². The van der Waals surface area contributed by atoms with Crippen molar-refractivity contribution < 1.29 is 32.3 Å². The Morgan fingerprint density at radius 3 is 2.19 bits per heavy atom. The van der Waals surface area contributed by atoms with Crippen molar-refractivity contribution in [2.24, 2.45) is 11.8 Å². The number of hydrogen-bond donors (Lipinski definition) is 1. The lowest BCUT2D eigenvalue weighted by Crippen LogP contribution is -2.33. The smallest absolute Gasteiger partial charge is 0.475 e. The van der Waals surface area contributed by atoms with Gasteiger partial charge in [0.1, 0.15) is 11.5 Å². The van der Waals surface area contributed by atoms with Crippen molar-refractivity contribution in [3.8, 4) is 0 Å². The lowest BCUT2D eigenvalue weighted by molar-refractivity contribution is -0.192. The zero-order chi connectivity index (χ0) is 22.6. The number of amides is 1. The second-order valence-corrected chi connectivity index (χ2v) is 7.57. The van der Waals surface area contributed by atoms with Crippen LogP contribution in [0.1, 0.15) is 16.1 Å². The highest BCUT2D eigenvalue weighted by Gasteiger charge is 2.41. The third-order valence-electron chi connectivity index (χ3n) is 5.27. The van der Waals surface area contributed by atoms with Crippen molar-refractivity contribution in [1.82, 2.24) is 14.8 Å². The molecule has 4 rings (SSSR count). The molecule has 2 atom stereocenters. The van der Waals surface area contributed by atoms with Crippen LogP contribution in [0.3, 0.4) is 0 Å². The number of likely N-dealkylation sites (tertiary alicyclic amines) is 2. The van der Waals surface area contributed by atoms with Gasteiger partial charge in [-0.15, -0.1) is 0 Å². The summed E-state index contributed by atoms with van der Waals surface area (Å²) >= 11 is 0. The summed E-state index contributed by atoms with van der Waals surface area (Å²) in [7, 11) is 0. The van der Waals surface area contributed by atoms with Gasteiger partial charge in [-0.3, -0.25) is 14.7 Å². The molecule has 2 fully saturated rings. The van der Waals surface area contributed by atoms with Gasteiger partial charge in [0, 0.05) is 38.9 Å². The van der Waals surface area contributed by atoms with E-state index in [1.54, 1.807) is 24.4 Å². The fraction of sp³-hybridized carbons (Fsp3) is 0.381. The van der Waals surface area contributed by atoms with Crippen molar-refractivity contribution in [2.75, 3.05) is 26.2 Å². The van der Waals surface area contributed by atoms with Gasteiger partial charge in [-0.2, -0.15) is 13.2 Å². The average molecular weight is 439 g/mol. The minimum absolute atomic E-state index is 0.0293. The molecular weight excluding hydrogens is 418 g/mol. The van der Waals surface area contributed by atoms with Gasteiger partial charge < -0.3 is 10.0 Å². The van der Waals surface area contributed by atoms with Crippen molar-refractivity contribution in [3.63, 3.8) is 0 Å². The van der Waals surface area contributed by atoms with Gasteiger partial charge in [-0.05, 0) is 41.7 Å². The molecule has 0 aliphatic carbocycles.